The van der Waals surface area contributed by atoms with E-state index < -0.39 is 0 Å². The molecule has 0 aliphatic heterocycles. The highest BCUT2D eigenvalue weighted by Crippen LogP contribution is 2.27. The second-order valence-electron chi connectivity index (χ2n) is 5.88. The SMILES string of the molecule is CC(C)Oc1ccc(CCC(=O)C2CCCC2)cc1F. The molecular formula is C17H23FO2. The molecule has 2 rings (SSSR count). The summed E-state index contributed by atoms with van der Waals surface area (Å²) in [5.41, 5.74) is 0.866. The van der Waals surface area contributed by atoms with Crippen molar-refractivity contribution in [2.75, 3.05) is 0 Å². The van der Waals surface area contributed by atoms with Crippen molar-refractivity contribution >= 4 is 5.78 Å². The first kappa shape index (κ1) is 15.0. The predicted octanol–water partition coefficient (Wildman–Crippen LogP) is 4.30. The van der Waals surface area contributed by atoms with Crippen LogP contribution in [-0.4, -0.2) is 11.9 Å². The number of aryl methyl sites for hydroxylation is 1. The third kappa shape index (κ3) is 4.06. The van der Waals surface area contributed by atoms with Gasteiger partial charge in [-0.05, 0) is 50.8 Å². The van der Waals surface area contributed by atoms with Gasteiger partial charge in [0.1, 0.15) is 5.78 Å². The van der Waals surface area contributed by atoms with E-state index in [2.05, 4.69) is 0 Å². The number of carbonyl (C=O) groups is 1. The molecule has 1 aliphatic rings. The standard InChI is InChI=1S/C17H23FO2/c1-12(2)20-17-10-8-13(11-15(17)18)7-9-16(19)14-5-3-4-6-14/h8,10-12,14H,3-7,9H2,1-2H3. The third-order valence-corrected chi connectivity index (χ3v) is 3.83. The average molecular weight is 278 g/mol. The molecule has 0 aromatic heterocycles. The number of rotatable bonds is 6. The maximum absolute atomic E-state index is 13.8. The van der Waals surface area contributed by atoms with Gasteiger partial charge >= 0.3 is 0 Å². The van der Waals surface area contributed by atoms with E-state index in [4.69, 9.17) is 4.74 Å². The zero-order chi connectivity index (χ0) is 14.5. The molecule has 0 atom stereocenters. The maximum Gasteiger partial charge on any atom is 0.165 e. The Morgan fingerprint density at radius 2 is 2.05 bits per heavy atom. The second kappa shape index (κ2) is 6.87. The van der Waals surface area contributed by atoms with Crippen LogP contribution in [0.1, 0.15) is 51.5 Å². The van der Waals surface area contributed by atoms with Crippen molar-refractivity contribution < 1.29 is 13.9 Å². The lowest BCUT2D eigenvalue weighted by Crippen LogP contribution is -2.11. The summed E-state index contributed by atoms with van der Waals surface area (Å²) < 4.78 is 19.2. The van der Waals surface area contributed by atoms with Crippen LogP contribution in [0, 0.1) is 11.7 Å². The zero-order valence-electron chi connectivity index (χ0n) is 12.3. The Balaban J connectivity index is 1.89. The van der Waals surface area contributed by atoms with Crippen LogP contribution in [0.25, 0.3) is 0 Å². The van der Waals surface area contributed by atoms with Gasteiger partial charge in [0.25, 0.3) is 0 Å². The molecule has 0 bridgehead atoms. The molecule has 0 saturated heterocycles. The van der Waals surface area contributed by atoms with Gasteiger partial charge in [0.2, 0.25) is 0 Å². The molecule has 0 amide bonds. The van der Waals surface area contributed by atoms with E-state index >= 15 is 0 Å². The molecule has 1 saturated carbocycles. The molecule has 1 fully saturated rings. The minimum Gasteiger partial charge on any atom is -0.488 e. The van der Waals surface area contributed by atoms with Crippen molar-refractivity contribution in [2.24, 2.45) is 5.92 Å². The van der Waals surface area contributed by atoms with Gasteiger partial charge < -0.3 is 4.74 Å². The van der Waals surface area contributed by atoms with E-state index in [1.54, 1.807) is 6.07 Å². The first-order valence-electron chi connectivity index (χ1n) is 7.54. The van der Waals surface area contributed by atoms with Crippen LogP contribution in [0.4, 0.5) is 4.39 Å². The average Bonchev–Trinajstić information content (AvgIpc) is 2.92. The maximum atomic E-state index is 13.8. The van der Waals surface area contributed by atoms with Gasteiger partial charge in [-0.15, -0.1) is 0 Å². The minimum atomic E-state index is -0.343. The summed E-state index contributed by atoms with van der Waals surface area (Å²) in [5, 5.41) is 0. The van der Waals surface area contributed by atoms with E-state index in [0.29, 0.717) is 18.6 Å². The van der Waals surface area contributed by atoms with Crippen LogP contribution >= 0.6 is 0 Å². The van der Waals surface area contributed by atoms with Crippen molar-refractivity contribution in [3.05, 3.63) is 29.6 Å². The van der Waals surface area contributed by atoms with Crippen LogP contribution in [0.5, 0.6) is 5.75 Å². The van der Waals surface area contributed by atoms with Crippen LogP contribution in [-0.2, 0) is 11.2 Å². The normalized spacial score (nSPS) is 15.8. The number of ether oxygens (including phenoxy) is 1. The second-order valence-corrected chi connectivity index (χ2v) is 5.88. The summed E-state index contributed by atoms with van der Waals surface area (Å²) in [6, 6.07) is 4.99. The minimum absolute atomic E-state index is 0.0423. The van der Waals surface area contributed by atoms with Gasteiger partial charge in [-0.2, -0.15) is 0 Å². The van der Waals surface area contributed by atoms with Crippen LogP contribution in [0.3, 0.4) is 0 Å². The summed E-state index contributed by atoms with van der Waals surface area (Å²) in [4.78, 5) is 12.0. The summed E-state index contributed by atoms with van der Waals surface area (Å²) in [5.74, 6) is 0.532. The number of carbonyl (C=O) groups excluding carboxylic acids is 1. The molecule has 0 N–H and O–H groups in total. The van der Waals surface area contributed by atoms with Crippen molar-refractivity contribution in [2.45, 2.75) is 58.5 Å². The summed E-state index contributed by atoms with van der Waals surface area (Å²) in [7, 11) is 0. The fourth-order valence-corrected chi connectivity index (χ4v) is 2.77. The van der Waals surface area contributed by atoms with Crippen LogP contribution < -0.4 is 4.74 Å². The molecule has 2 nitrogen and oxygen atoms in total. The predicted molar refractivity (Wildman–Crippen MR) is 77.5 cm³/mol. The molecule has 110 valence electrons. The lowest BCUT2D eigenvalue weighted by molar-refractivity contribution is -0.122. The molecule has 3 heteroatoms. The van der Waals surface area contributed by atoms with Gasteiger partial charge in [0.15, 0.2) is 11.6 Å². The highest BCUT2D eigenvalue weighted by atomic mass is 19.1. The molecule has 0 heterocycles. The van der Waals surface area contributed by atoms with Gasteiger partial charge in [0, 0.05) is 12.3 Å². The zero-order valence-corrected chi connectivity index (χ0v) is 12.3. The lowest BCUT2D eigenvalue weighted by Gasteiger charge is -2.12. The van der Waals surface area contributed by atoms with Gasteiger partial charge in [0.05, 0.1) is 6.10 Å². The van der Waals surface area contributed by atoms with Crippen molar-refractivity contribution in [3.63, 3.8) is 0 Å². The van der Waals surface area contributed by atoms with E-state index in [9.17, 15) is 9.18 Å². The van der Waals surface area contributed by atoms with E-state index in [1.165, 1.54) is 18.9 Å². The van der Waals surface area contributed by atoms with E-state index in [0.717, 1.165) is 18.4 Å². The number of hydrogen-bond donors (Lipinski definition) is 0. The Morgan fingerprint density at radius 1 is 1.35 bits per heavy atom. The van der Waals surface area contributed by atoms with Crippen molar-refractivity contribution in [1.29, 1.82) is 0 Å². The first-order chi connectivity index (χ1) is 9.56. The van der Waals surface area contributed by atoms with Crippen molar-refractivity contribution in [3.8, 4) is 5.75 Å². The van der Waals surface area contributed by atoms with Crippen molar-refractivity contribution in [1.82, 2.24) is 0 Å². The Hall–Kier alpha value is -1.38. The molecule has 0 spiro atoms. The number of hydrogen-bond acceptors (Lipinski definition) is 2. The molecule has 20 heavy (non-hydrogen) atoms. The first-order valence-corrected chi connectivity index (χ1v) is 7.54. The fourth-order valence-electron chi connectivity index (χ4n) is 2.77. The molecule has 1 aromatic rings. The molecular weight excluding hydrogens is 255 g/mol. The monoisotopic (exact) mass is 278 g/mol. The third-order valence-electron chi connectivity index (χ3n) is 3.83. The number of benzene rings is 1. The smallest absolute Gasteiger partial charge is 0.165 e. The fraction of sp³-hybridized carbons (Fsp3) is 0.588. The molecule has 1 aliphatic carbocycles. The largest absolute Gasteiger partial charge is 0.488 e. The molecule has 1 aromatic carbocycles. The van der Waals surface area contributed by atoms with Crippen LogP contribution in [0.2, 0.25) is 0 Å². The highest BCUT2D eigenvalue weighted by molar-refractivity contribution is 5.81. The molecule has 0 radical (unpaired) electrons. The number of Topliss-reactive ketones (excluding diaryl/α,β-unsaturated/α-hetero) is 1. The summed E-state index contributed by atoms with van der Waals surface area (Å²) >= 11 is 0. The van der Waals surface area contributed by atoms with Crippen LogP contribution in [0.15, 0.2) is 18.2 Å². The van der Waals surface area contributed by atoms with Gasteiger partial charge in [-0.25, -0.2) is 4.39 Å². The number of halogens is 1. The quantitative estimate of drug-likeness (QED) is 0.775. The number of ketones is 1. The van der Waals surface area contributed by atoms with Gasteiger partial charge in [-0.1, -0.05) is 18.9 Å². The Kier molecular flexibility index (Phi) is 5.16. The molecule has 0 unspecified atom stereocenters. The summed E-state index contributed by atoms with van der Waals surface area (Å²) in [6.45, 7) is 3.74. The van der Waals surface area contributed by atoms with Gasteiger partial charge in [-0.3, -0.25) is 4.79 Å². The highest BCUT2D eigenvalue weighted by Gasteiger charge is 2.22. The Labute approximate surface area is 120 Å². The Morgan fingerprint density at radius 3 is 2.65 bits per heavy atom. The Bertz CT molecular complexity index is 462. The summed E-state index contributed by atoms with van der Waals surface area (Å²) in [6.07, 6.45) is 5.52. The lowest BCUT2D eigenvalue weighted by atomic mass is 9.97. The van der Waals surface area contributed by atoms with E-state index in [-0.39, 0.29) is 23.6 Å². The van der Waals surface area contributed by atoms with E-state index in [1.807, 2.05) is 19.9 Å². The topological polar surface area (TPSA) is 26.3 Å².